The van der Waals surface area contributed by atoms with Gasteiger partial charge in [-0.2, -0.15) is 0 Å². The van der Waals surface area contributed by atoms with Gasteiger partial charge in [-0.25, -0.2) is 0 Å². The van der Waals surface area contributed by atoms with Crippen molar-refractivity contribution in [1.29, 1.82) is 0 Å². The molecular formula is C12H13Cl2NO. The molecule has 1 fully saturated rings. The number of carbonyl (C=O) groups is 1. The molecule has 0 heterocycles. The molecule has 16 heavy (non-hydrogen) atoms. The van der Waals surface area contributed by atoms with Crippen LogP contribution in [0.15, 0.2) is 24.3 Å². The summed E-state index contributed by atoms with van der Waals surface area (Å²) in [6.45, 7) is 0. The Bertz CT molecular complexity index is 396. The van der Waals surface area contributed by atoms with Gasteiger partial charge >= 0.3 is 0 Å². The van der Waals surface area contributed by atoms with Crippen molar-refractivity contribution in [3.8, 4) is 0 Å². The van der Waals surface area contributed by atoms with E-state index in [4.69, 9.17) is 23.2 Å². The molecular weight excluding hydrogens is 245 g/mol. The number of hydrogen-bond acceptors (Lipinski definition) is 1. The molecule has 1 aliphatic carbocycles. The fraction of sp³-hybridized carbons (Fsp3) is 0.417. The Kier molecular flexibility index (Phi) is 3.41. The average Bonchev–Trinajstić information content (AvgIpc) is 2.24. The van der Waals surface area contributed by atoms with Gasteiger partial charge in [0.25, 0.3) is 5.91 Å². The molecule has 0 aromatic heterocycles. The maximum atomic E-state index is 12.0. The topological polar surface area (TPSA) is 29.1 Å². The second kappa shape index (κ2) is 4.64. The van der Waals surface area contributed by atoms with Gasteiger partial charge in [0, 0.05) is 5.88 Å². The molecule has 0 radical (unpaired) electrons. The first-order valence-electron chi connectivity index (χ1n) is 5.30. The van der Waals surface area contributed by atoms with Crippen LogP contribution in [0.5, 0.6) is 0 Å². The summed E-state index contributed by atoms with van der Waals surface area (Å²) in [4.78, 5) is 12.0. The molecule has 0 spiro atoms. The van der Waals surface area contributed by atoms with Crippen LogP contribution < -0.4 is 5.32 Å². The lowest BCUT2D eigenvalue weighted by molar-refractivity contribution is 0.0854. The lowest BCUT2D eigenvalue weighted by Gasteiger charge is -2.41. The van der Waals surface area contributed by atoms with Crippen molar-refractivity contribution in [2.75, 3.05) is 5.88 Å². The molecule has 0 saturated heterocycles. The van der Waals surface area contributed by atoms with Gasteiger partial charge in [-0.15, -0.1) is 11.6 Å². The predicted molar refractivity (Wildman–Crippen MR) is 66.2 cm³/mol. The van der Waals surface area contributed by atoms with E-state index in [-0.39, 0.29) is 11.4 Å². The summed E-state index contributed by atoms with van der Waals surface area (Å²) in [5.41, 5.74) is 0.304. The van der Waals surface area contributed by atoms with Crippen molar-refractivity contribution in [2.45, 2.75) is 24.8 Å². The molecule has 1 aromatic carbocycles. The maximum absolute atomic E-state index is 12.0. The first-order chi connectivity index (χ1) is 7.67. The van der Waals surface area contributed by atoms with E-state index >= 15 is 0 Å². The van der Waals surface area contributed by atoms with E-state index < -0.39 is 0 Å². The molecule has 0 aliphatic heterocycles. The summed E-state index contributed by atoms with van der Waals surface area (Å²) in [6.07, 6.45) is 3.02. The highest BCUT2D eigenvalue weighted by atomic mass is 35.5. The molecule has 86 valence electrons. The Balaban J connectivity index is 2.11. The molecule has 1 aliphatic rings. The van der Waals surface area contributed by atoms with Crippen molar-refractivity contribution in [3.63, 3.8) is 0 Å². The van der Waals surface area contributed by atoms with E-state index in [1.165, 1.54) is 0 Å². The molecule has 2 rings (SSSR count). The summed E-state index contributed by atoms with van der Waals surface area (Å²) < 4.78 is 0. The molecule has 1 aromatic rings. The molecule has 4 heteroatoms. The summed E-state index contributed by atoms with van der Waals surface area (Å²) in [6, 6.07) is 7.04. The fourth-order valence-electron chi connectivity index (χ4n) is 1.85. The highest BCUT2D eigenvalue weighted by molar-refractivity contribution is 6.33. The largest absolute Gasteiger partial charge is 0.345 e. The minimum absolute atomic E-state index is 0.133. The van der Waals surface area contributed by atoms with Crippen LogP contribution in [0.2, 0.25) is 5.02 Å². The number of halogens is 2. The normalized spacial score (nSPS) is 17.6. The highest BCUT2D eigenvalue weighted by Gasteiger charge is 2.37. The van der Waals surface area contributed by atoms with Gasteiger partial charge in [-0.3, -0.25) is 4.79 Å². The number of carbonyl (C=O) groups excluding carboxylic acids is 1. The van der Waals surface area contributed by atoms with Crippen LogP contribution in [0.1, 0.15) is 29.6 Å². The van der Waals surface area contributed by atoms with Crippen molar-refractivity contribution < 1.29 is 4.79 Å². The van der Waals surface area contributed by atoms with Gasteiger partial charge in [0.05, 0.1) is 16.1 Å². The van der Waals surface area contributed by atoms with Crippen LogP contribution >= 0.6 is 23.2 Å². The average molecular weight is 258 g/mol. The standard InChI is InChI=1S/C12H13Cl2NO/c13-8-12(6-3-7-12)15-11(16)9-4-1-2-5-10(9)14/h1-2,4-5H,3,6-8H2,(H,15,16). The van der Waals surface area contributed by atoms with Crippen LogP contribution in [0, 0.1) is 0 Å². The van der Waals surface area contributed by atoms with E-state index in [1.807, 2.05) is 0 Å². The number of hydrogen-bond donors (Lipinski definition) is 1. The van der Waals surface area contributed by atoms with Crippen molar-refractivity contribution in [3.05, 3.63) is 34.9 Å². The van der Waals surface area contributed by atoms with Crippen molar-refractivity contribution in [2.24, 2.45) is 0 Å². The molecule has 0 atom stereocenters. The Morgan fingerprint density at radius 1 is 1.38 bits per heavy atom. The third-order valence-electron chi connectivity index (χ3n) is 3.06. The molecule has 1 amide bonds. The van der Waals surface area contributed by atoms with E-state index in [0.717, 1.165) is 19.3 Å². The van der Waals surface area contributed by atoms with E-state index in [0.29, 0.717) is 16.5 Å². The van der Waals surface area contributed by atoms with Crippen LogP contribution in [0.25, 0.3) is 0 Å². The number of rotatable bonds is 3. The first-order valence-corrected chi connectivity index (χ1v) is 6.21. The molecule has 0 unspecified atom stereocenters. The zero-order valence-electron chi connectivity index (χ0n) is 8.80. The van der Waals surface area contributed by atoms with Crippen LogP contribution in [0.4, 0.5) is 0 Å². The van der Waals surface area contributed by atoms with Gasteiger partial charge in [0.2, 0.25) is 0 Å². The van der Waals surface area contributed by atoms with Gasteiger partial charge in [0.1, 0.15) is 0 Å². The van der Waals surface area contributed by atoms with Crippen molar-refractivity contribution >= 4 is 29.1 Å². The Hall–Kier alpha value is -0.730. The second-order valence-corrected chi connectivity index (χ2v) is 4.88. The number of nitrogens with one attached hydrogen (secondary N) is 1. The zero-order chi connectivity index (χ0) is 11.6. The Morgan fingerprint density at radius 2 is 2.06 bits per heavy atom. The molecule has 1 N–H and O–H groups in total. The molecule has 0 bridgehead atoms. The Labute approximate surface area is 105 Å². The lowest BCUT2D eigenvalue weighted by Crippen LogP contribution is -2.55. The number of benzene rings is 1. The lowest BCUT2D eigenvalue weighted by atomic mass is 9.78. The third kappa shape index (κ3) is 2.18. The minimum atomic E-state index is -0.211. The highest BCUT2D eigenvalue weighted by Crippen LogP contribution is 2.33. The minimum Gasteiger partial charge on any atom is -0.345 e. The summed E-state index contributed by atoms with van der Waals surface area (Å²) in [5.74, 6) is 0.328. The molecule has 2 nitrogen and oxygen atoms in total. The van der Waals surface area contributed by atoms with Crippen LogP contribution in [-0.4, -0.2) is 17.3 Å². The maximum Gasteiger partial charge on any atom is 0.253 e. The Morgan fingerprint density at radius 3 is 2.56 bits per heavy atom. The van der Waals surface area contributed by atoms with Gasteiger partial charge in [-0.1, -0.05) is 23.7 Å². The zero-order valence-corrected chi connectivity index (χ0v) is 10.3. The van der Waals surface area contributed by atoms with Crippen LogP contribution in [0.3, 0.4) is 0 Å². The second-order valence-electron chi connectivity index (χ2n) is 4.20. The van der Waals surface area contributed by atoms with E-state index in [9.17, 15) is 4.79 Å². The number of alkyl halides is 1. The fourth-order valence-corrected chi connectivity index (χ4v) is 2.40. The predicted octanol–water partition coefficient (Wildman–Crippen LogP) is 3.23. The van der Waals surface area contributed by atoms with Gasteiger partial charge in [-0.05, 0) is 31.4 Å². The van der Waals surface area contributed by atoms with Gasteiger partial charge in [0.15, 0.2) is 0 Å². The smallest absolute Gasteiger partial charge is 0.253 e. The van der Waals surface area contributed by atoms with E-state index in [2.05, 4.69) is 5.32 Å². The van der Waals surface area contributed by atoms with Crippen molar-refractivity contribution in [1.82, 2.24) is 5.32 Å². The monoisotopic (exact) mass is 257 g/mol. The summed E-state index contributed by atoms with van der Waals surface area (Å²) >= 11 is 11.8. The van der Waals surface area contributed by atoms with E-state index in [1.54, 1.807) is 24.3 Å². The quantitative estimate of drug-likeness (QED) is 0.828. The molecule has 1 saturated carbocycles. The third-order valence-corrected chi connectivity index (χ3v) is 3.90. The number of amides is 1. The first kappa shape index (κ1) is 11.7. The van der Waals surface area contributed by atoms with Gasteiger partial charge < -0.3 is 5.32 Å². The summed E-state index contributed by atoms with van der Waals surface area (Å²) in [7, 11) is 0. The van der Waals surface area contributed by atoms with Crippen LogP contribution in [-0.2, 0) is 0 Å². The SMILES string of the molecule is O=C(NC1(CCl)CCC1)c1ccccc1Cl. The summed E-state index contributed by atoms with van der Waals surface area (Å²) in [5, 5.41) is 3.46.